The molecule has 0 spiro atoms. The minimum atomic E-state index is -0.489. The molecular weight excluding hydrogens is 1020 g/mol. The van der Waals surface area contributed by atoms with Gasteiger partial charge in [0, 0.05) is 47.9 Å². The number of esters is 3. The average molecular weight is 1090 g/mol. The normalized spacial score (nSPS) is 11.1. The first-order valence-electron chi connectivity index (χ1n) is 27.1. The number of carbonyl (C=O) groups is 3. The molecule has 418 valence electrons. The molecular formula is C66H68N4O11. The minimum absolute atomic E-state index is 0.140. The lowest BCUT2D eigenvalue weighted by Crippen LogP contribution is -2.12. The van der Waals surface area contributed by atoms with E-state index >= 15 is 0 Å². The summed E-state index contributed by atoms with van der Waals surface area (Å²) < 4.78 is 44.6. The number of rotatable bonds is 35. The van der Waals surface area contributed by atoms with Crippen molar-refractivity contribution >= 4 is 52.7 Å². The molecule has 0 aliphatic rings. The Bertz CT molecular complexity index is 3230. The molecule has 1 heterocycles. The Morgan fingerprint density at radius 3 is 1.40 bits per heavy atom. The Labute approximate surface area is 473 Å². The molecule has 6 aromatic carbocycles. The molecule has 0 fully saturated rings. The van der Waals surface area contributed by atoms with Gasteiger partial charge in [0.05, 0.1) is 73.4 Å². The van der Waals surface area contributed by atoms with Crippen LogP contribution in [0.2, 0.25) is 0 Å². The quantitative estimate of drug-likeness (QED) is 0.0121. The van der Waals surface area contributed by atoms with Crippen LogP contribution in [-0.2, 0) is 39.9 Å². The van der Waals surface area contributed by atoms with E-state index in [1.54, 1.807) is 0 Å². The number of nitrogens with zero attached hydrogens (tertiary/aromatic N) is 4. The largest absolute Gasteiger partial charge is 0.494 e. The van der Waals surface area contributed by atoms with Crippen molar-refractivity contribution in [1.82, 2.24) is 9.97 Å². The van der Waals surface area contributed by atoms with E-state index in [0.717, 1.165) is 114 Å². The van der Waals surface area contributed by atoms with Crippen LogP contribution in [0.15, 0.2) is 187 Å². The molecule has 0 aliphatic carbocycles. The molecule has 0 N–H and O–H groups in total. The maximum Gasteiger partial charge on any atom is 0.330 e. The summed E-state index contributed by atoms with van der Waals surface area (Å²) in [6, 6.07) is 44.9. The summed E-state index contributed by atoms with van der Waals surface area (Å²) in [6.45, 7) is 13.5. The minimum Gasteiger partial charge on any atom is -0.494 e. The van der Waals surface area contributed by atoms with Gasteiger partial charge in [-0.25, -0.2) is 24.4 Å². The van der Waals surface area contributed by atoms with Gasteiger partial charge in [-0.15, -0.1) is 0 Å². The zero-order valence-corrected chi connectivity index (χ0v) is 45.6. The zero-order valence-electron chi connectivity index (χ0n) is 45.6. The molecule has 15 nitrogen and oxygen atoms in total. The van der Waals surface area contributed by atoms with E-state index in [4.69, 9.17) is 57.8 Å². The maximum atomic E-state index is 11.2. The van der Waals surface area contributed by atoms with Gasteiger partial charge in [0.15, 0.2) is 0 Å². The Morgan fingerprint density at radius 1 is 0.407 bits per heavy atom. The fourth-order valence-corrected chi connectivity index (χ4v) is 8.04. The van der Waals surface area contributed by atoms with Crippen molar-refractivity contribution in [2.45, 2.75) is 58.0 Å². The molecule has 7 rings (SSSR count). The summed E-state index contributed by atoms with van der Waals surface area (Å²) in [5.41, 5.74) is 8.78. The molecule has 7 aromatic rings. The first-order chi connectivity index (χ1) is 39.7. The molecule has 0 atom stereocenters. The molecule has 0 amide bonds. The van der Waals surface area contributed by atoms with Gasteiger partial charge in [-0.1, -0.05) is 68.3 Å². The van der Waals surface area contributed by atoms with Gasteiger partial charge in [-0.2, -0.15) is 0 Å². The number of aromatic nitrogens is 2. The van der Waals surface area contributed by atoms with Crippen LogP contribution in [0, 0.1) is 0 Å². The molecule has 0 saturated carbocycles. The SMILES string of the molecule is C=CC(=O)OCCCCCCOc1ccc(N=Cc2cccc(-c3nc4ccc(COc5cccc(OCCOCCOC(=O)C=C)c5)cc4nc3-c3cccc(C=Nc4ccc(OCCCCCCOC(=O)C=C)cc4)c3)c2)cc1. The first kappa shape index (κ1) is 59.5. The molecule has 0 radical (unpaired) electrons. The summed E-state index contributed by atoms with van der Waals surface area (Å²) in [5.74, 6) is 1.54. The Balaban J connectivity index is 1.03. The number of hydrogen-bond acceptors (Lipinski definition) is 15. The molecule has 0 saturated heterocycles. The lowest BCUT2D eigenvalue weighted by atomic mass is 10.0. The lowest BCUT2D eigenvalue weighted by Gasteiger charge is -2.13. The second-order valence-electron chi connectivity index (χ2n) is 18.4. The van der Waals surface area contributed by atoms with E-state index in [-0.39, 0.29) is 19.8 Å². The molecule has 0 bridgehead atoms. The number of aliphatic imine (C=N–C) groups is 2. The van der Waals surface area contributed by atoms with Crippen LogP contribution in [0.1, 0.15) is 68.1 Å². The van der Waals surface area contributed by atoms with Crippen LogP contribution in [0.25, 0.3) is 33.5 Å². The van der Waals surface area contributed by atoms with Gasteiger partial charge in [0.1, 0.15) is 42.8 Å². The highest BCUT2D eigenvalue weighted by atomic mass is 16.6. The van der Waals surface area contributed by atoms with Crippen molar-refractivity contribution in [1.29, 1.82) is 0 Å². The third-order valence-electron chi connectivity index (χ3n) is 12.2. The Hall–Kier alpha value is -9.21. The van der Waals surface area contributed by atoms with Gasteiger partial charge in [0.25, 0.3) is 0 Å². The first-order valence-corrected chi connectivity index (χ1v) is 27.1. The maximum absolute atomic E-state index is 11.2. The Morgan fingerprint density at radius 2 is 0.864 bits per heavy atom. The topological polar surface area (TPSA) is 176 Å². The number of ether oxygens (including phenoxy) is 8. The second-order valence-corrected chi connectivity index (χ2v) is 18.4. The van der Waals surface area contributed by atoms with Gasteiger partial charge in [0.2, 0.25) is 0 Å². The summed E-state index contributed by atoms with van der Waals surface area (Å²) in [6.07, 6.45) is 14.4. The van der Waals surface area contributed by atoms with Crippen molar-refractivity contribution < 1.29 is 52.3 Å². The fourth-order valence-electron chi connectivity index (χ4n) is 8.04. The van der Waals surface area contributed by atoms with E-state index < -0.39 is 17.9 Å². The number of unbranched alkanes of at least 4 members (excludes halogenated alkanes) is 6. The zero-order chi connectivity index (χ0) is 56.7. The molecule has 15 heteroatoms. The van der Waals surface area contributed by atoms with Crippen LogP contribution in [0.5, 0.6) is 23.0 Å². The molecule has 0 unspecified atom stereocenters. The average Bonchev–Trinajstić information content (AvgIpc) is 3.70. The summed E-state index contributed by atoms with van der Waals surface area (Å²) >= 11 is 0. The predicted molar refractivity (Wildman–Crippen MR) is 316 cm³/mol. The van der Waals surface area contributed by atoms with Crippen LogP contribution in [-0.4, -0.2) is 93.2 Å². The van der Waals surface area contributed by atoms with E-state index in [0.29, 0.717) is 68.0 Å². The van der Waals surface area contributed by atoms with E-state index in [1.807, 2.05) is 140 Å². The van der Waals surface area contributed by atoms with Gasteiger partial charge >= 0.3 is 17.9 Å². The molecule has 0 aliphatic heterocycles. The predicted octanol–water partition coefficient (Wildman–Crippen LogP) is 13.5. The smallest absolute Gasteiger partial charge is 0.330 e. The van der Waals surface area contributed by atoms with E-state index in [9.17, 15) is 14.4 Å². The van der Waals surface area contributed by atoms with Gasteiger partial charge in [-0.3, -0.25) is 9.98 Å². The number of fused-ring (bicyclic) bond motifs is 1. The summed E-state index contributed by atoms with van der Waals surface area (Å²) in [5, 5.41) is 0. The van der Waals surface area contributed by atoms with Crippen molar-refractivity contribution in [3.63, 3.8) is 0 Å². The van der Waals surface area contributed by atoms with Gasteiger partial charge < -0.3 is 37.9 Å². The van der Waals surface area contributed by atoms with Crippen LogP contribution in [0.4, 0.5) is 11.4 Å². The molecule has 81 heavy (non-hydrogen) atoms. The van der Waals surface area contributed by atoms with Crippen molar-refractivity contribution in [3.05, 3.63) is 194 Å². The van der Waals surface area contributed by atoms with E-state index in [1.165, 1.54) is 12.2 Å². The standard InChI is InChI=1S/C66H68N4O11/c1-4-62(71)78-36-13-9-7-11-34-75-56-29-25-54(26-30-56)67-46-49-18-15-20-52(42-49)65-66(53-21-16-19-50(43-53)47-68-55-27-31-57(32-28-55)76-35-12-8-10-14-37-79-63(72)5-2)70-61-44-51(24-33-60(61)69-65)48-81-59-23-17-22-58(45-59)77-40-38-74-39-41-80-64(73)6-3/h4-6,15-33,42-47H,1-3,7-14,34-41,48H2. The monoisotopic (exact) mass is 1090 g/mol. The van der Waals surface area contributed by atoms with Crippen molar-refractivity contribution in [2.75, 3.05) is 52.9 Å². The summed E-state index contributed by atoms with van der Waals surface area (Å²) in [7, 11) is 0. The summed E-state index contributed by atoms with van der Waals surface area (Å²) in [4.78, 5) is 53.8. The highest BCUT2D eigenvalue weighted by Gasteiger charge is 2.16. The number of benzene rings is 6. The van der Waals surface area contributed by atoms with Crippen molar-refractivity contribution in [2.24, 2.45) is 9.98 Å². The fraction of sp³-hybridized carbons (Fsp3) is 0.258. The highest BCUT2D eigenvalue weighted by Crippen LogP contribution is 2.33. The van der Waals surface area contributed by atoms with Crippen molar-refractivity contribution in [3.8, 4) is 45.5 Å². The lowest BCUT2D eigenvalue weighted by molar-refractivity contribution is -0.139. The van der Waals surface area contributed by atoms with Crippen LogP contribution >= 0.6 is 0 Å². The van der Waals surface area contributed by atoms with Crippen LogP contribution < -0.4 is 18.9 Å². The van der Waals surface area contributed by atoms with E-state index in [2.05, 4.69) is 31.9 Å². The third-order valence-corrected chi connectivity index (χ3v) is 12.2. The van der Waals surface area contributed by atoms with Crippen LogP contribution in [0.3, 0.4) is 0 Å². The molecule has 1 aromatic heterocycles. The highest BCUT2D eigenvalue weighted by molar-refractivity contribution is 5.91. The van der Waals surface area contributed by atoms with Gasteiger partial charge in [-0.05, 0) is 153 Å². The Kier molecular flexibility index (Phi) is 24.4. The number of carbonyl (C=O) groups excluding carboxylic acids is 3. The second kappa shape index (κ2) is 33.3. The number of hydrogen-bond donors (Lipinski definition) is 0. The third kappa shape index (κ3) is 20.8.